The number of carbonyl (C=O) groups excluding carboxylic acids is 1. The Hall–Kier alpha value is -2.23. The highest BCUT2D eigenvalue weighted by atomic mass is 79.9. The normalized spacial score (nSPS) is 17.2. The van der Waals surface area contributed by atoms with Gasteiger partial charge >= 0.3 is 0 Å². The van der Waals surface area contributed by atoms with Crippen LogP contribution in [0.4, 0.5) is 0 Å². The summed E-state index contributed by atoms with van der Waals surface area (Å²) in [5, 5.41) is 9.24. The third kappa shape index (κ3) is 4.60. The zero-order valence-electron chi connectivity index (χ0n) is 17.8. The molecule has 1 amide bonds. The molecule has 0 radical (unpaired) electrons. The summed E-state index contributed by atoms with van der Waals surface area (Å²) in [6.45, 7) is 6.20. The second kappa shape index (κ2) is 8.96. The largest absolute Gasteiger partial charge is 0.437 e. The first-order valence-electron chi connectivity index (χ1n) is 10.8. The lowest BCUT2D eigenvalue weighted by Gasteiger charge is -2.34. The molecule has 0 atom stereocenters. The molecule has 3 heterocycles. The van der Waals surface area contributed by atoms with Gasteiger partial charge in [0.15, 0.2) is 0 Å². The summed E-state index contributed by atoms with van der Waals surface area (Å²) in [5.74, 6) is 1.97. The molecule has 2 fully saturated rings. The van der Waals surface area contributed by atoms with Gasteiger partial charge in [-0.25, -0.2) is 9.67 Å². The maximum absolute atomic E-state index is 11.6. The maximum atomic E-state index is 11.6. The minimum absolute atomic E-state index is 0.118. The van der Waals surface area contributed by atoms with Gasteiger partial charge in [-0.3, -0.25) is 9.69 Å². The third-order valence-electron chi connectivity index (χ3n) is 6.03. The minimum atomic E-state index is 0.118. The molecule has 5 rings (SSSR count). The van der Waals surface area contributed by atoms with Crippen LogP contribution in [0.15, 0.2) is 28.9 Å². The molecular weight excluding hydrogens is 496 g/mol. The van der Waals surface area contributed by atoms with Gasteiger partial charge in [-0.15, -0.1) is 5.10 Å². The van der Waals surface area contributed by atoms with Crippen molar-refractivity contribution >= 4 is 44.5 Å². The first-order chi connectivity index (χ1) is 15.5. The van der Waals surface area contributed by atoms with E-state index in [0.29, 0.717) is 29.1 Å². The van der Waals surface area contributed by atoms with Crippen LogP contribution in [0.1, 0.15) is 25.3 Å². The second-order valence-electron chi connectivity index (χ2n) is 8.46. The number of fused-ring (bicyclic) bond motifs is 1. The molecule has 2 aliphatic rings. The predicted molar refractivity (Wildman–Crippen MR) is 125 cm³/mol. The van der Waals surface area contributed by atoms with Gasteiger partial charge < -0.3 is 9.64 Å². The van der Waals surface area contributed by atoms with Crippen LogP contribution in [0.25, 0.3) is 11.0 Å². The second-order valence-corrected chi connectivity index (χ2v) is 9.69. The fourth-order valence-electron chi connectivity index (χ4n) is 3.98. The number of pyridine rings is 1. The minimum Gasteiger partial charge on any atom is -0.437 e. The average Bonchev–Trinajstić information content (AvgIpc) is 3.50. The molecule has 2 aromatic heterocycles. The number of benzene rings is 1. The molecular formula is C22H24BrClN6O2. The Morgan fingerprint density at radius 3 is 2.75 bits per heavy atom. The Morgan fingerprint density at radius 1 is 1.25 bits per heavy atom. The molecule has 1 aliphatic heterocycles. The summed E-state index contributed by atoms with van der Waals surface area (Å²) in [5.41, 5.74) is 2.67. The Balaban J connectivity index is 1.35. The molecule has 0 unspecified atom stereocenters. The molecule has 168 valence electrons. The number of piperazine rings is 1. The molecule has 0 bridgehead atoms. The van der Waals surface area contributed by atoms with Gasteiger partial charge in [0.2, 0.25) is 11.8 Å². The number of nitrogens with zero attached hydrogens (tertiary/aromatic N) is 6. The summed E-state index contributed by atoms with van der Waals surface area (Å²) in [7, 11) is 0. The van der Waals surface area contributed by atoms with Crippen molar-refractivity contribution in [1.29, 1.82) is 0 Å². The van der Waals surface area contributed by atoms with E-state index < -0.39 is 0 Å². The van der Waals surface area contributed by atoms with E-state index in [2.05, 4.69) is 36.1 Å². The topological polar surface area (TPSA) is 76.4 Å². The van der Waals surface area contributed by atoms with Crippen molar-refractivity contribution in [2.24, 2.45) is 5.92 Å². The predicted octanol–water partition coefficient (Wildman–Crippen LogP) is 4.11. The van der Waals surface area contributed by atoms with Gasteiger partial charge in [0.25, 0.3) is 0 Å². The SMILES string of the molecule is CC(=O)N1CCN(Cc2cc(Cl)cnc2Oc2ccc3c(nnn3CC3CC3)c2Br)CC1. The van der Waals surface area contributed by atoms with Crippen LogP contribution in [0.5, 0.6) is 11.6 Å². The van der Waals surface area contributed by atoms with Crippen LogP contribution < -0.4 is 4.74 Å². The van der Waals surface area contributed by atoms with Gasteiger partial charge in [0.1, 0.15) is 11.3 Å². The van der Waals surface area contributed by atoms with Crippen LogP contribution in [0, 0.1) is 5.92 Å². The number of rotatable bonds is 6. The standard InChI is InChI=1S/C22H24BrClN6O2/c1-14(31)29-8-6-28(7-9-29)13-16-10-17(24)11-25-22(16)32-19-5-4-18-21(20(19)23)26-27-30(18)12-15-2-3-15/h4-5,10-11,15H,2-3,6-9,12-13H2,1H3. The molecule has 1 aliphatic carbocycles. The fraction of sp³-hybridized carbons (Fsp3) is 0.455. The van der Waals surface area contributed by atoms with E-state index in [9.17, 15) is 4.79 Å². The summed E-state index contributed by atoms with van der Waals surface area (Å²) >= 11 is 9.89. The van der Waals surface area contributed by atoms with E-state index in [1.54, 1.807) is 13.1 Å². The lowest BCUT2D eigenvalue weighted by atomic mass is 10.2. The number of hydrogen-bond acceptors (Lipinski definition) is 6. The van der Waals surface area contributed by atoms with Crippen molar-refractivity contribution in [2.75, 3.05) is 26.2 Å². The van der Waals surface area contributed by atoms with Gasteiger partial charge in [-0.1, -0.05) is 16.8 Å². The number of amides is 1. The first-order valence-corrected chi connectivity index (χ1v) is 12.0. The average molecular weight is 520 g/mol. The Bertz CT molecular complexity index is 1160. The molecule has 1 saturated heterocycles. The molecule has 1 aromatic carbocycles. The lowest BCUT2D eigenvalue weighted by Crippen LogP contribution is -2.47. The van der Waals surface area contributed by atoms with E-state index in [1.807, 2.05) is 27.8 Å². The lowest BCUT2D eigenvalue weighted by molar-refractivity contribution is -0.130. The molecule has 10 heteroatoms. The number of aromatic nitrogens is 4. The van der Waals surface area contributed by atoms with Crippen LogP contribution >= 0.6 is 27.5 Å². The summed E-state index contributed by atoms with van der Waals surface area (Å²) in [6, 6.07) is 5.80. The highest BCUT2D eigenvalue weighted by Crippen LogP contribution is 2.37. The van der Waals surface area contributed by atoms with E-state index in [-0.39, 0.29) is 5.91 Å². The highest BCUT2D eigenvalue weighted by molar-refractivity contribution is 9.10. The van der Waals surface area contributed by atoms with E-state index in [1.165, 1.54) is 12.8 Å². The Morgan fingerprint density at radius 2 is 2.03 bits per heavy atom. The molecule has 32 heavy (non-hydrogen) atoms. The van der Waals surface area contributed by atoms with Crippen molar-refractivity contribution in [2.45, 2.75) is 32.9 Å². The first kappa shape index (κ1) is 21.6. The van der Waals surface area contributed by atoms with Crippen LogP contribution in [0.3, 0.4) is 0 Å². The number of ether oxygens (including phenoxy) is 1. The van der Waals surface area contributed by atoms with Gasteiger partial charge in [0.05, 0.1) is 15.0 Å². The zero-order chi connectivity index (χ0) is 22.2. The van der Waals surface area contributed by atoms with Crippen LogP contribution in [-0.4, -0.2) is 61.9 Å². The van der Waals surface area contributed by atoms with Crippen molar-refractivity contribution in [3.05, 3.63) is 39.5 Å². The highest BCUT2D eigenvalue weighted by Gasteiger charge is 2.24. The van der Waals surface area contributed by atoms with Crippen molar-refractivity contribution < 1.29 is 9.53 Å². The molecule has 0 spiro atoms. The van der Waals surface area contributed by atoms with E-state index in [0.717, 1.165) is 53.8 Å². The van der Waals surface area contributed by atoms with E-state index in [4.69, 9.17) is 16.3 Å². The summed E-state index contributed by atoms with van der Waals surface area (Å²) in [6.07, 6.45) is 4.11. The van der Waals surface area contributed by atoms with Gasteiger partial charge in [-0.05, 0) is 52.9 Å². The molecule has 8 nitrogen and oxygen atoms in total. The Kier molecular flexibility index (Phi) is 6.05. The smallest absolute Gasteiger partial charge is 0.223 e. The Labute approximate surface area is 199 Å². The van der Waals surface area contributed by atoms with Crippen LogP contribution in [-0.2, 0) is 17.9 Å². The van der Waals surface area contributed by atoms with Gasteiger partial charge in [-0.2, -0.15) is 0 Å². The maximum Gasteiger partial charge on any atom is 0.223 e. The fourth-order valence-corrected chi connectivity index (χ4v) is 4.66. The van der Waals surface area contributed by atoms with Crippen LogP contribution in [0.2, 0.25) is 5.02 Å². The number of halogens is 2. The van der Waals surface area contributed by atoms with Crippen molar-refractivity contribution in [3.63, 3.8) is 0 Å². The summed E-state index contributed by atoms with van der Waals surface area (Å²) in [4.78, 5) is 20.2. The van der Waals surface area contributed by atoms with Crippen molar-refractivity contribution in [1.82, 2.24) is 29.8 Å². The third-order valence-corrected chi connectivity index (χ3v) is 7.00. The number of hydrogen-bond donors (Lipinski definition) is 0. The zero-order valence-corrected chi connectivity index (χ0v) is 20.1. The van der Waals surface area contributed by atoms with Crippen molar-refractivity contribution in [3.8, 4) is 11.6 Å². The summed E-state index contributed by atoms with van der Waals surface area (Å²) < 4.78 is 8.95. The quantitative estimate of drug-likeness (QED) is 0.488. The van der Waals surface area contributed by atoms with Gasteiger partial charge in [0, 0.05) is 58.0 Å². The molecule has 0 N–H and O–H groups in total. The number of carbonyl (C=O) groups is 1. The van der Waals surface area contributed by atoms with E-state index >= 15 is 0 Å². The monoisotopic (exact) mass is 518 g/mol. The molecule has 1 saturated carbocycles. The molecule has 3 aromatic rings.